The molecule has 0 amide bonds. The number of rotatable bonds is 3. The van der Waals surface area contributed by atoms with Crippen molar-refractivity contribution in [3.63, 3.8) is 0 Å². The van der Waals surface area contributed by atoms with E-state index in [0.29, 0.717) is 5.95 Å². The van der Waals surface area contributed by atoms with E-state index in [1.807, 2.05) is 23.9 Å². The molecular weight excluding hydrogens is 312 g/mol. The Morgan fingerprint density at radius 3 is 2.76 bits per heavy atom. The summed E-state index contributed by atoms with van der Waals surface area (Å²) in [6.45, 7) is 1.94. The topological polar surface area (TPSA) is 79.4 Å². The fraction of sp³-hybridized carbons (Fsp3) is 0.368. The summed E-state index contributed by atoms with van der Waals surface area (Å²) in [4.78, 5) is 8.87. The zero-order valence-electron chi connectivity index (χ0n) is 14.2. The average molecular weight is 330 g/mol. The van der Waals surface area contributed by atoms with Crippen LogP contribution in [0.25, 0.3) is 16.7 Å². The van der Waals surface area contributed by atoms with Gasteiger partial charge in [0, 0.05) is 24.2 Å². The van der Waals surface area contributed by atoms with Gasteiger partial charge in [0.25, 0.3) is 0 Å². The van der Waals surface area contributed by atoms with Gasteiger partial charge in [-0.15, -0.1) is 0 Å². The van der Waals surface area contributed by atoms with Gasteiger partial charge in [-0.05, 0) is 43.2 Å². The molecule has 2 aliphatic carbocycles. The maximum atomic E-state index is 9.80. The van der Waals surface area contributed by atoms with Crippen LogP contribution in [-0.4, -0.2) is 26.8 Å². The van der Waals surface area contributed by atoms with Gasteiger partial charge in [0.15, 0.2) is 5.82 Å². The van der Waals surface area contributed by atoms with Crippen LogP contribution < -0.4 is 5.32 Å². The van der Waals surface area contributed by atoms with Crippen molar-refractivity contribution in [2.75, 3.05) is 12.4 Å². The third-order valence-corrected chi connectivity index (χ3v) is 5.77. The Balaban J connectivity index is 1.67. The van der Waals surface area contributed by atoms with E-state index in [0.717, 1.165) is 34.4 Å². The van der Waals surface area contributed by atoms with Gasteiger partial charge in [-0.25, -0.2) is 9.67 Å². The van der Waals surface area contributed by atoms with Gasteiger partial charge in [0.05, 0.1) is 23.2 Å². The highest BCUT2D eigenvalue weighted by Gasteiger charge is 2.75. The van der Waals surface area contributed by atoms with Gasteiger partial charge in [-0.3, -0.25) is 0 Å². The number of hydrogen-bond acceptors (Lipinski definition) is 5. The summed E-state index contributed by atoms with van der Waals surface area (Å²) in [6.07, 6.45) is 5.18. The van der Waals surface area contributed by atoms with E-state index < -0.39 is 0 Å². The van der Waals surface area contributed by atoms with Gasteiger partial charge < -0.3 is 5.32 Å². The smallest absolute Gasteiger partial charge is 0.224 e. The minimum Gasteiger partial charge on any atom is -0.357 e. The molecule has 0 bridgehead atoms. The predicted octanol–water partition coefficient (Wildman–Crippen LogP) is 3.11. The molecule has 2 fully saturated rings. The van der Waals surface area contributed by atoms with Crippen LogP contribution in [0.1, 0.15) is 30.5 Å². The lowest BCUT2D eigenvalue weighted by molar-refractivity contribution is 0.737. The molecule has 5 rings (SSSR count). The second-order valence-corrected chi connectivity index (χ2v) is 7.25. The zero-order valence-corrected chi connectivity index (χ0v) is 14.2. The number of nitrogens with zero attached hydrogens (tertiary/aromatic N) is 5. The molecule has 1 atom stereocenters. The first-order valence-electron chi connectivity index (χ1n) is 8.54. The molecule has 0 saturated heterocycles. The normalized spacial score (nSPS) is 22.8. The summed E-state index contributed by atoms with van der Waals surface area (Å²) in [6, 6.07) is 10.8. The second kappa shape index (κ2) is 4.57. The number of aromatic nitrogens is 4. The lowest BCUT2D eigenvalue weighted by atomic mass is 9.93. The molecule has 2 heterocycles. The van der Waals surface area contributed by atoms with Crippen molar-refractivity contribution >= 4 is 16.9 Å². The molecule has 3 aromatic rings. The first-order chi connectivity index (χ1) is 12.1. The van der Waals surface area contributed by atoms with Crippen molar-refractivity contribution in [1.82, 2.24) is 19.7 Å². The van der Waals surface area contributed by atoms with E-state index in [1.165, 1.54) is 12.8 Å². The Kier molecular flexibility index (Phi) is 2.63. The molecule has 0 radical (unpaired) electrons. The van der Waals surface area contributed by atoms with Gasteiger partial charge in [-0.2, -0.15) is 15.3 Å². The molecule has 6 nitrogen and oxygen atoms in total. The number of anilines is 1. The third kappa shape index (κ3) is 1.86. The van der Waals surface area contributed by atoms with E-state index >= 15 is 0 Å². The highest BCUT2D eigenvalue weighted by Crippen LogP contribution is 2.78. The Morgan fingerprint density at radius 1 is 1.24 bits per heavy atom. The number of benzene rings is 1. The van der Waals surface area contributed by atoms with Crippen LogP contribution in [0.5, 0.6) is 0 Å². The molecule has 1 unspecified atom stereocenters. The Morgan fingerprint density at radius 2 is 2.08 bits per heavy atom. The zero-order chi connectivity index (χ0) is 17.2. The van der Waals surface area contributed by atoms with Crippen LogP contribution in [0.15, 0.2) is 30.5 Å². The van der Waals surface area contributed by atoms with Crippen molar-refractivity contribution < 1.29 is 0 Å². The highest BCUT2D eigenvalue weighted by molar-refractivity contribution is 5.81. The highest BCUT2D eigenvalue weighted by atomic mass is 15.3. The maximum Gasteiger partial charge on any atom is 0.224 e. The summed E-state index contributed by atoms with van der Waals surface area (Å²) >= 11 is 0. The van der Waals surface area contributed by atoms with Crippen molar-refractivity contribution in [2.45, 2.75) is 31.6 Å². The van der Waals surface area contributed by atoms with E-state index in [4.69, 9.17) is 0 Å². The summed E-state index contributed by atoms with van der Waals surface area (Å²) in [7, 11) is 1.80. The maximum absolute atomic E-state index is 9.80. The molecule has 2 aromatic heterocycles. The molecule has 6 heteroatoms. The molecule has 2 saturated carbocycles. The van der Waals surface area contributed by atoms with Crippen LogP contribution >= 0.6 is 0 Å². The van der Waals surface area contributed by atoms with Crippen LogP contribution in [0.2, 0.25) is 0 Å². The van der Waals surface area contributed by atoms with Crippen LogP contribution in [0.4, 0.5) is 5.95 Å². The average Bonchev–Trinajstić information content (AvgIpc) is 3.50. The lowest BCUT2D eigenvalue weighted by Gasteiger charge is -2.10. The largest absolute Gasteiger partial charge is 0.357 e. The summed E-state index contributed by atoms with van der Waals surface area (Å²) in [5, 5.41) is 18.3. The number of fused-ring (bicyclic) bond motifs is 1. The molecule has 0 aliphatic heterocycles. The molecule has 1 spiro atoms. The van der Waals surface area contributed by atoms with Gasteiger partial charge >= 0.3 is 0 Å². The molecule has 1 aromatic carbocycles. The number of nitrogens with one attached hydrogen (secondary N) is 1. The minimum absolute atomic E-state index is 0.255. The Hall–Kier alpha value is -2.94. The van der Waals surface area contributed by atoms with Crippen LogP contribution in [0, 0.1) is 23.7 Å². The van der Waals surface area contributed by atoms with Gasteiger partial charge in [0.2, 0.25) is 5.95 Å². The Labute approximate surface area is 145 Å². The van der Waals surface area contributed by atoms with Gasteiger partial charge in [0.1, 0.15) is 0 Å². The van der Waals surface area contributed by atoms with E-state index in [1.54, 1.807) is 7.05 Å². The van der Waals surface area contributed by atoms with E-state index in [-0.39, 0.29) is 10.8 Å². The van der Waals surface area contributed by atoms with Crippen molar-refractivity contribution in [3.8, 4) is 11.9 Å². The summed E-state index contributed by atoms with van der Waals surface area (Å²) in [5.74, 6) is 1.30. The number of hydrogen-bond donors (Lipinski definition) is 1. The Bertz CT molecular complexity index is 1060. The first kappa shape index (κ1) is 14.4. The number of nitriles is 1. The van der Waals surface area contributed by atoms with Gasteiger partial charge in [-0.1, -0.05) is 12.1 Å². The predicted molar refractivity (Wildman–Crippen MR) is 94.5 cm³/mol. The molecule has 2 aliphatic rings. The van der Waals surface area contributed by atoms with Crippen molar-refractivity contribution in [1.29, 1.82) is 5.26 Å². The van der Waals surface area contributed by atoms with Crippen molar-refractivity contribution in [2.24, 2.45) is 5.41 Å². The van der Waals surface area contributed by atoms with Crippen LogP contribution in [0.3, 0.4) is 0 Å². The van der Waals surface area contributed by atoms with Crippen LogP contribution in [-0.2, 0) is 5.41 Å². The lowest BCUT2D eigenvalue weighted by Crippen LogP contribution is -2.08. The van der Waals surface area contributed by atoms with Crippen molar-refractivity contribution in [3.05, 3.63) is 41.7 Å². The summed E-state index contributed by atoms with van der Waals surface area (Å²) < 4.78 is 1.83. The quantitative estimate of drug-likeness (QED) is 0.798. The minimum atomic E-state index is -0.298. The monoisotopic (exact) mass is 330 g/mol. The third-order valence-electron chi connectivity index (χ3n) is 5.77. The fourth-order valence-corrected chi connectivity index (χ4v) is 4.09. The first-order valence-corrected chi connectivity index (χ1v) is 8.54. The molecule has 1 N–H and O–H groups in total. The molecular formula is C19H18N6. The molecule has 124 valence electrons. The van der Waals surface area contributed by atoms with E-state index in [9.17, 15) is 5.26 Å². The molecule has 25 heavy (non-hydrogen) atoms. The second-order valence-electron chi connectivity index (χ2n) is 7.25. The standard InChI is InChI=1S/C19H18N6/c1-12-7-16(24-17(21-2)23-12)25-15-8-14(4-3-13(15)9-22-25)19(11-20)10-18(19)5-6-18/h3-4,7-9H,5-6,10H2,1-2H3,(H,21,23,24). The van der Waals surface area contributed by atoms with E-state index in [2.05, 4.69) is 44.7 Å². The SMILES string of the molecule is CNc1nc(C)cc(-n2ncc3ccc(C4(C#N)CC45CC5)cc32)n1. The fourth-order valence-electron chi connectivity index (χ4n) is 4.09. The summed E-state index contributed by atoms with van der Waals surface area (Å²) in [5.41, 5.74) is 2.93. The number of aryl methyl sites for hydroxylation is 1.